The minimum Gasteiger partial charge on any atom is -0.450 e. The monoisotopic (exact) mass is 417 g/mol. The lowest BCUT2D eigenvalue weighted by Crippen LogP contribution is -2.23. The maximum Gasteiger partial charge on any atom is 0.411 e. The molecule has 2 N–H and O–H groups in total. The smallest absolute Gasteiger partial charge is 0.411 e. The number of ether oxygens (including phenoxy) is 1. The Morgan fingerprint density at radius 1 is 1.13 bits per heavy atom. The molecule has 8 nitrogen and oxygen atoms in total. The van der Waals surface area contributed by atoms with Crippen LogP contribution >= 0.6 is 0 Å². The van der Waals surface area contributed by atoms with Crippen LogP contribution in [0.4, 0.5) is 10.5 Å². The molecule has 158 valence electrons. The lowest BCUT2D eigenvalue weighted by Gasteiger charge is -2.10. The first-order valence-corrected chi connectivity index (χ1v) is 10.1. The number of amides is 1. The highest BCUT2D eigenvalue weighted by atomic mass is 16.5. The van der Waals surface area contributed by atoms with Crippen LogP contribution in [0, 0.1) is 0 Å². The van der Waals surface area contributed by atoms with E-state index in [4.69, 9.17) is 4.74 Å². The molecule has 0 saturated heterocycles. The summed E-state index contributed by atoms with van der Waals surface area (Å²) in [4.78, 5) is 28.4. The van der Waals surface area contributed by atoms with Crippen LogP contribution in [0.25, 0.3) is 11.3 Å². The summed E-state index contributed by atoms with van der Waals surface area (Å²) in [5.41, 5.74) is 3.87. The molecule has 0 saturated carbocycles. The maximum atomic E-state index is 12.4. The molecule has 0 aliphatic carbocycles. The average Bonchev–Trinajstić information content (AvgIpc) is 3.31. The van der Waals surface area contributed by atoms with E-state index in [-0.39, 0.29) is 12.1 Å². The number of benzene rings is 2. The maximum absolute atomic E-state index is 12.4. The summed E-state index contributed by atoms with van der Waals surface area (Å²) in [6.45, 7) is 3.97. The molecule has 0 fully saturated rings. The second-order valence-electron chi connectivity index (χ2n) is 6.99. The summed E-state index contributed by atoms with van der Waals surface area (Å²) < 4.78 is 6.31. The van der Waals surface area contributed by atoms with Gasteiger partial charge in [0.2, 0.25) is 0 Å². The number of carbonyl (C=O) groups is 1. The molecule has 1 aromatic heterocycles. The van der Waals surface area contributed by atoms with Crippen LogP contribution in [-0.4, -0.2) is 41.4 Å². The predicted molar refractivity (Wildman–Crippen MR) is 120 cm³/mol. The molecule has 0 unspecified atom stereocenters. The number of carbonyl (C=O) groups excluding carboxylic acids is 1. The van der Waals surface area contributed by atoms with Crippen molar-refractivity contribution in [3.8, 4) is 11.3 Å². The Bertz CT molecular complexity index is 1170. The van der Waals surface area contributed by atoms with Crippen molar-refractivity contribution in [1.29, 1.82) is 0 Å². The highest BCUT2D eigenvalue weighted by Crippen LogP contribution is 2.18. The number of aromatic nitrogens is 2. The van der Waals surface area contributed by atoms with E-state index in [0.29, 0.717) is 18.0 Å². The van der Waals surface area contributed by atoms with Gasteiger partial charge in [-0.2, -0.15) is 5.10 Å². The summed E-state index contributed by atoms with van der Waals surface area (Å²) in [5, 5.41) is 10.5. The summed E-state index contributed by atoms with van der Waals surface area (Å²) in [6, 6.07) is 18.4. The number of anilines is 1. The van der Waals surface area contributed by atoms with Gasteiger partial charge < -0.3 is 10.1 Å². The van der Waals surface area contributed by atoms with Gasteiger partial charge >= 0.3 is 6.09 Å². The first-order chi connectivity index (χ1) is 15.1. The molecule has 2 heterocycles. The summed E-state index contributed by atoms with van der Waals surface area (Å²) in [7, 11) is 0. The first-order valence-electron chi connectivity index (χ1n) is 10.1. The number of nitrogens with zero attached hydrogens (tertiary/aromatic N) is 3. The highest BCUT2D eigenvalue weighted by molar-refractivity contribution is 6.00. The van der Waals surface area contributed by atoms with Gasteiger partial charge in [-0.3, -0.25) is 15.1 Å². The molecule has 0 spiro atoms. The third-order valence-corrected chi connectivity index (χ3v) is 4.78. The van der Waals surface area contributed by atoms with Crippen molar-refractivity contribution in [3.05, 3.63) is 82.1 Å². The molecule has 1 aliphatic heterocycles. The molecule has 31 heavy (non-hydrogen) atoms. The molecule has 8 heteroatoms. The molecule has 0 atom stereocenters. The van der Waals surface area contributed by atoms with E-state index in [1.54, 1.807) is 25.1 Å². The topological polar surface area (TPSA) is 97.6 Å². The number of rotatable bonds is 6. The average molecular weight is 417 g/mol. The molecule has 0 bridgehead atoms. The fraction of sp³-hybridized carbons (Fsp3) is 0.217. The van der Waals surface area contributed by atoms with Crippen molar-refractivity contribution in [2.45, 2.75) is 13.5 Å². The van der Waals surface area contributed by atoms with E-state index in [2.05, 4.69) is 20.7 Å². The zero-order valence-corrected chi connectivity index (χ0v) is 17.2. The third-order valence-electron chi connectivity index (χ3n) is 4.78. The third kappa shape index (κ3) is 4.98. The Balaban J connectivity index is 1.53. The van der Waals surface area contributed by atoms with Gasteiger partial charge in [-0.25, -0.2) is 9.48 Å². The van der Waals surface area contributed by atoms with E-state index in [1.165, 1.54) is 10.7 Å². The largest absolute Gasteiger partial charge is 0.450 e. The van der Waals surface area contributed by atoms with Crippen molar-refractivity contribution in [3.63, 3.8) is 0 Å². The van der Waals surface area contributed by atoms with Gasteiger partial charge in [0, 0.05) is 29.4 Å². The molecular formula is C23H23N5O3. The Morgan fingerprint density at radius 3 is 2.68 bits per heavy atom. The van der Waals surface area contributed by atoms with Crippen LogP contribution < -0.4 is 16.2 Å². The van der Waals surface area contributed by atoms with Gasteiger partial charge in [-0.1, -0.05) is 36.4 Å². The minimum atomic E-state index is -0.515. The molecule has 3 aromatic rings. The van der Waals surface area contributed by atoms with Crippen molar-refractivity contribution < 1.29 is 9.53 Å². The summed E-state index contributed by atoms with van der Waals surface area (Å²) >= 11 is 0. The fourth-order valence-electron chi connectivity index (χ4n) is 3.31. The van der Waals surface area contributed by atoms with E-state index in [0.717, 1.165) is 35.6 Å². The number of nitrogens with one attached hydrogen (secondary N) is 2. The standard InChI is InChI=1S/C23H23N5O3/c1-2-31-23(30)26-19-5-3-4-16(14-19)15-28-21(29)11-10-20(27-28)17-6-8-18(9-7-17)22-24-12-13-25-22/h3-11,14H,2,12-13,15H2,1H3,(H,24,25)(H,26,30). The lowest BCUT2D eigenvalue weighted by molar-refractivity contribution is 0.168. The number of aliphatic imine (C=N–C) groups is 1. The quantitative estimate of drug-likeness (QED) is 0.643. The zero-order valence-electron chi connectivity index (χ0n) is 17.2. The predicted octanol–water partition coefficient (Wildman–Crippen LogP) is 2.88. The second kappa shape index (κ2) is 9.25. The molecule has 2 aromatic carbocycles. The molecule has 4 rings (SSSR count). The highest BCUT2D eigenvalue weighted by Gasteiger charge is 2.10. The summed E-state index contributed by atoms with van der Waals surface area (Å²) in [5.74, 6) is 0.904. The van der Waals surface area contributed by atoms with E-state index in [9.17, 15) is 9.59 Å². The van der Waals surface area contributed by atoms with Crippen molar-refractivity contribution in [2.24, 2.45) is 4.99 Å². The fourth-order valence-corrected chi connectivity index (χ4v) is 3.31. The minimum absolute atomic E-state index is 0.200. The Hall–Kier alpha value is -3.94. The number of amidine groups is 1. The summed E-state index contributed by atoms with van der Waals surface area (Å²) in [6.07, 6.45) is -0.515. The normalized spacial score (nSPS) is 12.7. The SMILES string of the molecule is CCOC(=O)Nc1cccc(Cn2nc(-c3ccc(C4=NCCN4)cc3)ccc2=O)c1. The van der Waals surface area contributed by atoms with Gasteiger partial charge in [0.15, 0.2) is 0 Å². The van der Waals surface area contributed by atoms with Gasteiger partial charge in [-0.05, 0) is 30.7 Å². The van der Waals surface area contributed by atoms with Gasteiger partial charge in [0.05, 0.1) is 25.4 Å². The number of hydrogen-bond acceptors (Lipinski definition) is 6. The van der Waals surface area contributed by atoms with E-state index < -0.39 is 6.09 Å². The number of hydrogen-bond donors (Lipinski definition) is 2. The molecule has 0 radical (unpaired) electrons. The van der Waals surface area contributed by atoms with E-state index in [1.807, 2.05) is 36.4 Å². The van der Waals surface area contributed by atoms with Crippen LogP contribution in [0.5, 0.6) is 0 Å². The van der Waals surface area contributed by atoms with Gasteiger partial charge in [-0.15, -0.1) is 0 Å². The second-order valence-corrected chi connectivity index (χ2v) is 6.99. The molecule has 1 amide bonds. The van der Waals surface area contributed by atoms with E-state index >= 15 is 0 Å². The van der Waals surface area contributed by atoms with Crippen LogP contribution in [-0.2, 0) is 11.3 Å². The molecule has 1 aliphatic rings. The van der Waals surface area contributed by atoms with Crippen LogP contribution in [0.3, 0.4) is 0 Å². The van der Waals surface area contributed by atoms with Crippen LogP contribution in [0.1, 0.15) is 18.1 Å². The van der Waals surface area contributed by atoms with Crippen molar-refractivity contribution in [2.75, 3.05) is 25.0 Å². The first kappa shape index (κ1) is 20.3. The zero-order chi connectivity index (χ0) is 21.6. The Morgan fingerprint density at radius 2 is 1.94 bits per heavy atom. The van der Waals surface area contributed by atoms with Crippen LogP contribution in [0.15, 0.2) is 70.5 Å². The van der Waals surface area contributed by atoms with Crippen LogP contribution in [0.2, 0.25) is 0 Å². The van der Waals surface area contributed by atoms with Crippen molar-refractivity contribution in [1.82, 2.24) is 15.1 Å². The Labute approximate surface area is 179 Å². The Kier molecular flexibility index (Phi) is 6.07. The lowest BCUT2D eigenvalue weighted by atomic mass is 10.1. The molecular weight excluding hydrogens is 394 g/mol. The van der Waals surface area contributed by atoms with Gasteiger partial charge in [0.1, 0.15) is 5.84 Å². The van der Waals surface area contributed by atoms with Gasteiger partial charge in [0.25, 0.3) is 5.56 Å². The van der Waals surface area contributed by atoms with Crippen molar-refractivity contribution >= 4 is 17.6 Å².